The first kappa shape index (κ1) is 23.3. The van der Waals surface area contributed by atoms with E-state index in [-0.39, 0.29) is 6.42 Å². The van der Waals surface area contributed by atoms with Gasteiger partial charge in [0, 0.05) is 11.1 Å². The number of hydrogen-bond acceptors (Lipinski definition) is 6. The van der Waals surface area contributed by atoms with Gasteiger partial charge in [-0.2, -0.15) is 0 Å². The Morgan fingerprint density at radius 2 is 1.91 bits per heavy atom. The van der Waals surface area contributed by atoms with Gasteiger partial charge in [0.15, 0.2) is 6.61 Å². The van der Waals surface area contributed by atoms with Crippen molar-refractivity contribution < 1.29 is 23.8 Å². The predicted molar refractivity (Wildman–Crippen MR) is 119 cm³/mol. The fourth-order valence-electron chi connectivity index (χ4n) is 3.48. The fourth-order valence-corrected chi connectivity index (χ4v) is 3.61. The fraction of sp³-hybridized carbons (Fsp3) is 0.292. The molecule has 0 aliphatic carbocycles. The summed E-state index contributed by atoms with van der Waals surface area (Å²) in [6.07, 6.45) is 1.50. The second kappa shape index (κ2) is 10.3. The second-order valence-electron chi connectivity index (χ2n) is 7.54. The lowest BCUT2D eigenvalue weighted by atomic mass is 10.0. The van der Waals surface area contributed by atoms with Crippen LogP contribution in [-0.4, -0.2) is 24.5 Å². The van der Waals surface area contributed by atoms with Gasteiger partial charge in [-0.25, -0.2) is 4.79 Å². The van der Waals surface area contributed by atoms with Gasteiger partial charge >= 0.3 is 5.63 Å². The molecular formula is C24H23ClNO6-. The molecule has 32 heavy (non-hydrogen) atoms. The van der Waals surface area contributed by atoms with Gasteiger partial charge in [0.1, 0.15) is 11.3 Å². The molecule has 0 fully saturated rings. The summed E-state index contributed by atoms with van der Waals surface area (Å²) in [4.78, 5) is 35.8. The van der Waals surface area contributed by atoms with E-state index >= 15 is 0 Å². The number of carbonyl (C=O) groups excluding carboxylic acids is 2. The summed E-state index contributed by atoms with van der Waals surface area (Å²) < 4.78 is 11.0. The first-order chi connectivity index (χ1) is 15.3. The van der Waals surface area contributed by atoms with E-state index < -0.39 is 30.2 Å². The van der Waals surface area contributed by atoms with Crippen molar-refractivity contribution in [2.24, 2.45) is 0 Å². The molecule has 0 radical (unpaired) electrons. The molecule has 0 bridgehead atoms. The van der Waals surface area contributed by atoms with Crippen LogP contribution in [0.1, 0.15) is 30.0 Å². The van der Waals surface area contributed by atoms with Crippen LogP contribution in [-0.2, 0) is 22.4 Å². The van der Waals surface area contributed by atoms with Crippen LogP contribution in [0.25, 0.3) is 11.0 Å². The Bertz CT molecular complexity index is 1190. The van der Waals surface area contributed by atoms with Gasteiger partial charge in [-0.15, -0.1) is 0 Å². The van der Waals surface area contributed by atoms with Crippen LogP contribution in [0, 0.1) is 6.92 Å². The van der Waals surface area contributed by atoms with E-state index in [4.69, 9.17) is 20.8 Å². The Labute approximate surface area is 190 Å². The maximum atomic E-state index is 12.4. The average Bonchev–Trinajstić information content (AvgIpc) is 2.72. The molecule has 0 aliphatic heterocycles. The number of fused-ring (bicyclic) bond motifs is 1. The molecular weight excluding hydrogens is 434 g/mol. The van der Waals surface area contributed by atoms with E-state index in [2.05, 4.69) is 5.32 Å². The van der Waals surface area contributed by atoms with Crippen LogP contribution in [0.15, 0.2) is 51.7 Å². The third-order valence-electron chi connectivity index (χ3n) is 4.88. The number of ether oxygens (including phenoxy) is 1. The number of benzene rings is 2. The molecule has 168 valence electrons. The van der Waals surface area contributed by atoms with Gasteiger partial charge in [0.25, 0.3) is 5.91 Å². The highest BCUT2D eigenvalue weighted by molar-refractivity contribution is 6.30. The van der Waals surface area contributed by atoms with Gasteiger partial charge in [-0.3, -0.25) is 4.79 Å². The number of halogens is 1. The van der Waals surface area contributed by atoms with E-state index in [0.29, 0.717) is 33.7 Å². The molecule has 8 heteroatoms. The Balaban J connectivity index is 1.76. The summed E-state index contributed by atoms with van der Waals surface area (Å²) in [5.41, 5.74) is 2.18. The summed E-state index contributed by atoms with van der Waals surface area (Å²) in [5, 5.41) is 15.1. The maximum Gasteiger partial charge on any atom is 0.336 e. The lowest BCUT2D eigenvalue weighted by Gasteiger charge is -2.20. The quantitative estimate of drug-likeness (QED) is 0.496. The minimum atomic E-state index is -1.40. The van der Waals surface area contributed by atoms with Gasteiger partial charge in [0.05, 0.1) is 17.4 Å². The predicted octanol–water partition coefficient (Wildman–Crippen LogP) is 2.56. The van der Waals surface area contributed by atoms with Gasteiger partial charge in [0.2, 0.25) is 0 Å². The van der Waals surface area contributed by atoms with Crippen molar-refractivity contribution >= 4 is 34.4 Å². The summed E-state index contributed by atoms with van der Waals surface area (Å²) in [5.74, 6) is -1.62. The molecule has 3 rings (SSSR count). The Hall–Kier alpha value is -3.32. The monoisotopic (exact) mass is 456 g/mol. The van der Waals surface area contributed by atoms with Crippen LogP contribution in [0.2, 0.25) is 5.02 Å². The van der Waals surface area contributed by atoms with Gasteiger partial charge < -0.3 is 24.4 Å². The van der Waals surface area contributed by atoms with Crippen molar-refractivity contribution in [1.82, 2.24) is 5.32 Å². The molecule has 0 aliphatic rings. The van der Waals surface area contributed by atoms with Crippen LogP contribution in [0.4, 0.5) is 0 Å². The highest BCUT2D eigenvalue weighted by Crippen LogP contribution is 2.30. The second-order valence-corrected chi connectivity index (χ2v) is 7.97. The van der Waals surface area contributed by atoms with E-state index in [0.717, 1.165) is 17.5 Å². The molecule has 1 N–H and O–H groups in total. The Morgan fingerprint density at radius 3 is 2.56 bits per heavy atom. The number of amides is 1. The third kappa shape index (κ3) is 5.88. The summed E-state index contributed by atoms with van der Waals surface area (Å²) in [6, 6.07) is 10.3. The lowest BCUT2D eigenvalue weighted by Crippen LogP contribution is -2.50. The number of nitrogens with one attached hydrogen (secondary N) is 1. The number of carboxylic acids is 1. The zero-order valence-corrected chi connectivity index (χ0v) is 18.5. The van der Waals surface area contributed by atoms with Crippen molar-refractivity contribution in [3.63, 3.8) is 0 Å². The molecule has 0 unspecified atom stereocenters. The normalized spacial score (nSPS) is 11.8. The van der Waals surface area contributed by atoms with E-state index in [1.807, 2.05) is 13.8 Å². The van der Waals surface area contributed by atoms with Crippen molar-refractivity contribution in [3.05, 3.63) is 74.6 Å². The average molecular weight is 457 g/mol. The first-order valence-electron chi connectivity index (χ1n) is 10.2. The molecule has 1 amide bonds. The molecule has 0 spiro atoms. The Kier molecular flexibility index (Phi) is 7.53. The van der Waals surface area contributed by atoms with Gasteiger partial charge in [-0.1, -0.05) is 37.1 Å². The van der Waals surface area contributed by atoms with E-state index in [1.54, 1.807) is 36.4 Å². The smallest absolute Gasteiger partial charge is 0.336 e. The van der Waals surface area contributed by atoms with E-state index in [1.165, 1.54) is 6.07 Å². The molecule has 1 aromatic heterocycles. The van der Waals surface area contributed by atoms with Crippen LogP contribution < -0.4 is 20.8 Å². The Morgan fingerprint density at radius 1 is 1.19 bits per heavy atom. The highest BCUT2D eigenvalue weighted by atomic mass is 35.5. The highest BCUT2D eigenvalue weighted by Gasteiger charge is 2.17. The molecule has 1 heterocycles. The minimum absolute atomic E-state index is 0.0461. The molecule has 1 atom stereocenters. The van der Waals surface area contributed by atoms with Crippen molar-refractivity contribution in [2.75, 3.05) is 6.61 Å². The van der Waals surface area contributed by atoms with Crippen molar-refractivity contribution in [1.29, 1.82) is 0 Å². The van der Waals surface area contributed by atoms with E-state index in [9.17, 15) is 19.5 Å². The first-order valence-corrected chi connectivity index (χ1v) is 10.6. The zero-order valence-electron chi connectivity index (χ0n) is 17.8. The number of carboxylic acid groups (broad SMARTS) is 1. The molecule has 3 aromatic rings. The summed E-state index contributed by atoms with van der Waals surface area (Å²) in [7, 11) is 0. The molecule has 0 saturated heterocycles. The number of carbonyl (C=O) groups is 2. The summed E-state index contributed by atoms with van der Waals surface area (Å²) in [6.45, 7) is 3.40. The topological polar surface area (TPSA) is 109 Å². The molecule has 7 nitrogen and oxygen atoms in total. The standard InChI is InChI=1S/C24H24ClNO6/c1-3-4-16-12-22(28)32-20-10-14(2)9-19(23(16)20)31-13-21(27)26-18(24(29)30)11-15-5-7-17(25)8-6-15/h5-10,12,18H,3-4,11,13H2,1-2H3,(H,26,27)(H,29,30)/p-1/t18-/m1/s1. The van der Waals surface area contributed by atoms with Crippen LogP contribution in [0.5, 0.6) is 5.75 Å². The lowest BCUT2D eigenvalue weighted by molar-refractivity contribution is -0.308. The molecule has 0 saturated carbocycles. The number of aliphatic carboxylic acids is 1. The number of rotatable bonds is 9. The van der Waals surface area contributed by atoms with Gasteiger partial charge in [-0.05, 0) is 60.7 Å². The van der Waals surface area contributed by atoms with Crippen LogP contribution >= 0.6 is 11.6 Å². The van der Waals surface area contributed by atoms with Crippen molar-refractivity contribution in [3.8, 4) is 5.75 Å². The zero-order chi connectivity index (χ0) is 23.3. The molecule has 2 aromatic carbocycles. The minimum Gasteiger partial charge on any atom is -0.548 e. The largest absolute Gasteiger partial charge is 0.548 e. The van der Waals surface area contributed by atoms with Crippen LogP contribution in [0.3, 0.4) is 0 Å². The number of aryl methyl sites for hydroxylation is 2. The maximum absolute atomic E-state index is 12.4. The van der Waals surface area contributed by atoms with Crippen molar-refractivity contribution in [2.45, 2.75) is 39.2 Å². The number of hydrogen-bond donors (Lipinski definition) is 1. The SMILES string of the molecule is CCCc1cc(=O)oc2cc(C)cc(OCC(=O)N[C@H](Cc3ccc(Cl)cc3)C(=O)[O-])c12. The summed E-state index contributed by atoms with van der Waals surface area (Å²) >= 11 is 5.85. The third-order valence-corrected chi connectivity index (χ3v) is 5.14.